The molecular formula is C9H14F3N. The van der Waals surface area contributed by atoms with Gasteiger partial charge in [0.15, 0.2) is 0 Å². The van der Waals surface area contributed by atoms with Crippen molar-refractivity contribution in [3.05, 3.63) is 0 Å². The van der Waals surface area contributed by atoms with Crippen LogP contribution in [0.4, 0.5) is 13.2 Å². The largest absolute Gasteiger partial charge is 0.404 e. The second-order valence-electron chi connectivity index (χ2n) is 4.02. The molecule has 1 nitrogen and oxygen atoms in total. The molecule has 2 aliphatic rings. The zero-order chi connectivity index (χ0) is 9.47. The summed E-state index contributed by atoms with van der Waals surface area (Å²) in [6, 6.07) is -0.910. The summed E-state index contributed by atoms with van der Waals surface area (Å²) in [4.78, 5) is 1.67. The van der Waals surface area contributed by atoms with E-state index in [0.29, 0.717) is 19.4 Å². The van der Waals surface area contributed by atoms with E-state index in [1.165, 1.54) is 0 Å². The molecule has 4 heteroatoms. The van der Waals surface area contributed by atoms with Gasteiger partial charge in [-0.1, -0.05) is 6.42 Å². The smallest absolute Gasteiger partial charge is 0.289 e. The van der Waals surface area contributed by atoms with E-state index in [1.54, 1.807) is 4.90 Å². The van der Waals surface area contributed by atoms with Crippen LogP contribution in [0.25, 0.3) is 0 Å². The SMILES string of the molecule is FC(F)(F)C1CCCN1C1CCC1. The van der Waals surface area contributed by atoms with Gasteiger partial charge in [0.05, 0.1) is 0 Å². The van der Waals surface area contributed by atoms with E-state index >= 15 is 0 Å². The van der Waals surface area contributed by atoms with Crippen molar-refractivity contribution in [3.63, 3.8) is 0 Å². The van der Waals surface area contributed by atoms with Crippen molar-refractivity contribution in [1.29, 1.82) is 0 Å². The van der Waals surface area contributed by atoms with Crippen LogP contribution in [0, 0.1) is 0 Å². The lowest BCUT2D eigenvalue weighted by Crippen LogP contribution is -2.49. The fraction of sp³-hybridized carbons (Fsp3) is 1.00. The van der Waals surface area contributed by atoms with Gasteiger partial charge in [0, 0.05) is 6.04 Å². The van der Waals surface area contributed by atoms with Gasteiger partial charge in [-0.3, -0.25) is 4.90 Å². The first-order chi connectivity index (χ1) is 6.09. The van der Waals surface area contributed by atoms with Gasteiger partial charge in [0.2, 0.25) is 0 Å². The molecule has 2 fully saturated rings. The van der Waals surface area contributed by atoms with Crippen molar-refractivity contribution in [1.82, 2.24) is 4.90 Å². The van der Waals surface area contributed by atoms with E-state index in [9.17, 15) is 13.2 Å². The van der Waals surface area contributed by atoms with Crippen LogP contribution >= 0.6 is 0 Å². The molecule has 0 aromatic rings. The van der Waals surface area contributed by atoms with Crippen molar-refractivity contribution < 1.29 is 13.2 Å². The third kappa shape index (κ3) is 1.68. The van der Waals surface area contributed by atoms with Crippen LogP contribution in [0.15, 0.2) is 0 Å². The topological polar surface area (TPSA) is 3.24 Å². The first kappa shape index (κ1) is 9.31. The second kappa shape index (κ2) is 3.15. The molecule has 13 heavy (non-hydrogen) atoms. The number of halogens is 3. The normalized spacial score (nSPS) is 32.1. The average molecular weight is 193 g/mol. The van der Waals surface area contributed by atoms with Crippen molar-refractivity contribution >= 4 is 0 Å². The number of hydrogen-bond donors (Lipinski definition) is 0. The van der Waals surface area contributed by atoms with E-state index in [-0.39, 0.29) is 6.04 Å². The minimum atomic E-state index is -4.01. The van der Waals surface area contributed by atoms with Crippen LogP contribution in [0.2, 0.25) is 0 Å². The van der Waals surface area contributed by atoms with Gasteiger partial charge in [-0.15, -0.1) is 0 Å². The maximum absolute atomic E-state index is 12.5. The summed E-state index contributed by atoms with van der Waals surface area (Å²) in [5.74, 6) is 0. The highest BCUT2D eigenvalue weighted by Gasteiger charge is 2.48. The molecular weight excluding hydrogens is 179 g/mol. The third-order valence-corrected chi connectivity index (χ3v) is 3.22. The van der Waals surface area contributed by atoms with Gasteiger partial charge in [0.25, 0.3) is 0 Å². The minimum absolute atomic E-state index is 0.231. The van der Waals surface area contributed by atoms with Gasteiger partial charge in [-0.05, 0) is 32.2 Å². The van der Waals surface area contributed by atoms with Gasteiger partial charge in [-0.25, -0.2) is 0 Å². The molecule has 2 rings (SSSR count). The Morgan fingerprint density at radius 3 is 2.15 bits per heavy atom. The van der Waals surface area contributed by atoms with Crippen molar-refractivity contribution in [2.24, 2.45) is 0 Å². The molecule has 0 amide bonds. The zero-order valence-corrected chi connectivity index (χ0v) is 7.48. The molecule has 1 atom stereocenters. The van der Waals surface area contributed by atoms with Crippen LogP contribution < -0.4 is 0 Å². The Kier molecular flexibility index (Phi) is 2.26. The van der Waals surface area contributed by atoms with Crippen LogP contribution in [0.1, 0.15) is 32.1 Å². The molecule has 0 aromatic heterocycles. The Balaban J connectivity index is 2.01. The molecule has 1 heterocycles. The van der Waals surface area contributed by atoms with E-state index in [0.717, 1.165) is 19.3 Å². The average Bonchev–Trinajstić information content (AvgIpc) is 2.29. The monoisotopic (exact) mass is 193 g/mol. The Bertz CT molecular complexity index is 186. The molecule has 76 valence electrons. The molecule has 1 unspecified atom stereocenters. The summed E-state index contributed by atoms with van der Waals surface area (Å²) in [6.07, 6.45) is 0.0394. The van der Waals surface area contributed by atoms with Gasteiger partial charge in [0.1, 0.15) is 6.04 Å². The molecule has 1 aliphatic heterocycles. The summed E-state index contributed by atoms with van der Waals surface area (Å²) < 4.78 is 37.5. The van der Waals surface area contributed by atoms with Crippen LogP contribution in [0.5, 0.6) is 0 Å². The van der Waals surface area contributed by atoms with E-state index in [2.05, 4.69) is 0 Å². The van der Waals surface area contributed by atoms with Crippen LogP contribution in [0.3, 0.4) is 0 Å². The van der Waals surface area contributed by atoms with Crippen molar-refractivity contribution in [2.45, 2.75) is 50.4 Å². The van der Waals surface area contributed by atoms with Crippen LogP contribution in [-0.4, -0.2) is 29.7 Å². The number of alkyl halides is 3. The molecule has 1 saturated carbocycles. The lowest BCUT2D eigenvalue weighted by Gasteiger charge is -2.39. The predicted molar refractivity (Wildman–Crippen MR) is 43.4 cm³/mol. The maximum Gasteiger partial charge on any atom is 0.404 e. The first-order valence-corrected chi connectivity index (χ1v) is 4.91. The van der Waals surface area contributed by atoms with E-state index < -0.39 is 12.2 Å². The van der Waals surface area contributed by atoms with Gasteiger partial charge < -0.3 is 0 Å². The lowest BCUT2D eigenvalue weighted by molar-refractivity contribution is -0.184. The molecule has 0 aromatic carbocycles. The standard InChI is InChI=1S/C9H14F3N/c10-9(11,12)8-5-2-6-13(8)7-3-1-4-7/h7-8H,1-6H2. The number of likely N-dealkylation sites (tertiary alicyclic amines) is 1. The quantitative estimate of drug-likeness (QED) is 0.618. The molecule has 0 N–H and O–H groups in total. The summed E-state index contributed by atoms with van der Waals surface area (Å²) in [6.45, 7) is 0.648. The number of hydrogen-bond acceptors (Lipinski definition) is 1. The maximum atomic E-state index is 12.5. The Hall–Kier alpha value is -0.250. The lowest BCUT2D eigenvalue weighted by atomic mass is 9.91. The minimum Gasteiger partial charge on any atom is -0.289 e. The first-order valence-electron chi connectivity index (χ1n) is 4.91. The van der Waals surface area contributed by atoms with Crippen molar-refractivity contribution in [2.75, 3.05) is 6.54 Å². The second-order valence-corrected chi connectivity index (χ2v) is 4.02. The van der Waals surface area contributed by atoms with E-state index in [4.69, 9.17) is 0 Å². The molecule has 0 bridgehead atoms. The Labute approximate surface area is 75.9 Å². The zero-order valence-electron chi connectivity index (χ0n) is 7.48. The van der Waals surface area contributed by atoms with Gasteiger partial charge >= 0.3 is 6.18 Å². The molecule has 0 radical (unpaired) electrons. The molecule has 1 saturated heterocycles. The highest BCUT2D eigenvalue weighted by atomic mass is 19.4. The van der Waals surface area contributed by atoms with Crippen molar-refractivity contribution in [3.8, 4) is 0 Å². The van der Waals surface area contributed by atoms with Gasteiger partial charge in [-0.2, -0.15) is 13.2 Å². The Morgan fingerprint density at radius 1 is 1.00 bits per heavy atom. The molecule has 1 aliphatic carbocycles. The summed E-state index contributed by atoms with van der Waals surface area (Å²) in [7, 11) is 0. The fourth-order valence-electron chi connectivity index (χ4n) is 2.30. The number of rotatable bonds is 1. The highest BCUT2D eigenvalue weighted by molar-refractivity contribution is 4.92. The third-order valence-electron chi connectivity index (χ3n) is 3.22. The van der Waals surface area contributed by atoms with Crippen LogP contribution in [-0.2, 0) is 0 Å². The fourth-order valence-corrected chi connectivity index (χ4v) is 2.30. The predicted octanol–water partition coefficient (Wildman–Crippen LogP) is 2.57. The molecule has 0 spiro atoms. The number of nitrogens with zero attached hydrogens (tertiary/aromatic N) is 1. The highest BCUT2D eigenvalue weighted by Crippen LogP contribution is 2.38. The van der Waals surface area contributed by atoms with E-state index in [1.807, 2.05) is 0 Å². The summed E-state index contributed by atoms with van der Waals surface area (Å²) in [5.41, 5.74) is 0. The Morgan fingerprint density at radius 2 is 1.69 bits per heavy atom. The summed E-state index contributed by atoms with van der Waals surface area (Å²) >= 11 is 0. The summed E-state index contributed by atoms with van der Waals surface area (Å²) in [5, 5.41) is 0.